The topological polar surface area (TPSA) is 101 Å². The lowest BCUT2D eigenvalue weighted by Gasteiger charge is -2.08. The number of hydrogen-bond acceptors (Lipinski definition) is 5. The maximum absolute atomic E-state index is 10.8. The second-order valence-electron chi connectivity index (χ2n) is 5.21. The molecule has 0 atom stereocenters. The first-order valence-electron chi connectivity index (χ1n) is 7.53. The molecule has 2 N–H and O–H groups in total. The molecule has 0 aliphatic carbocycles. The molecule has 8 nitrogen and oxygen atoms in total. The fourth-order valence-electron chi connectivity index (χ4n) is 2.45. The molecule has 1 amide bonds. The maximum Gasteiger partial charge on any atom is 0.224 e. The Morgan fingerprint density at radius 3 is 3.00 bits per heavy atom. The number of aryl methyl sites for hydroxylation is 1. The molecule has 124 valence electrons. The Kier molecular flexibility index (Phi) is 4.55. The minimum Gasteiger partial charge on any atom is -0.480 e. The van der Waals surface area contributed by atoms with E-state index in [1.807, 2.05) is 29.1 Å². The zero-order valence-corrected chi connectivity index (χ0v) is 13.3. The minimum absolute atomic E-state index is 0.303. The van der Waals surface area contributed by atoms with Gasteiger partial charge in [-0.15, -0.1) is 0 Å². The maximum atomic E-state index is 10.8. The van der Waals surface area contributed by atoms with E-state index in [9.17, 15) is 4.79 Å². The molecular formula is C16H18N6O2. The molecule has 3 aromatic rings. The van der Waals surface area contributed by atoms with E-state index in [-0.39, 0.29) is 5.91 Å². The standard InChI is InChI=1S/C16H18N6O2/c1-24-16-13(4-2-6-19-16)15-18-7-9-22(15)12-10-20-21(11-12)8-3-5-14(17)23/h2,4,6-7,9-11H,3,5,8H2,1H3,(H2,17,23). The lowest BCUT2D eigenvalue weighted by molar-refractivity contribution is -0.118. The fourth-order valence-corrected chi connectivity index (χ4v) is 2.45. The number of imidazole rings is 1. The number of hydrogen-bond donors (Lipinski definition) is 1. The summed E-state index contributed by atoms with van der Waals surface area (Å²) in [7, 11) is 1.58. The van der Waals surface area contributed by atoms with Gasteiger partial charge in [0, 0.05) is 37.8 Å². The molecule has 0 radical (unpaired) electrons. The van der Waals surface area contributed by atoms with Crippen LogP contribution in [-0.4, -0.2) is 37.3 Å². The van der Waals surface area contributed by atoms with Crippen molar-refractivity contribution in [3.8, 4) is 23.0 Å². The van der Waals surface area contributed by atoms with Crippen LogP contribution in [0, 0.1) is 0 Å². The Bertz CT molecular complexity index is 838. The summed E-state index contributed by atoms with van der Waals surface area (Å²) in [6.07, 6.45) is 9.89. The van der Waals surface area contributed by atoms with E-state index < -0.39 is 0 Å². The molecule has 0 unspecified atom stereocenters. The summed E-state index contributed by atoms with van der Waals surface area (Å²) in [5.74, 6) is 0.929. The van der Waals surface area contributed by atoms with Crippen LogP contribution in [0.3, 0.4) is 0 Å². The first-order chi connectivity index (χ1) is 11.7. The normalized spacial score (nSPS) is 10.7. The Morgan fingerprint density at radius 2 is 2.21 bits per heavy atom. The molecule has 3 heterocycles. The van der Waals surface area contributed by atoms with Crippen LogP contribution in [0.1, 0.15) is 12.8 Å². The molecule has 0 aliphatic rings. The quantitative estimate of drug-likeness (QED) is 0.707. The van der Waals surface area contributed by atoms with Crippen LogP contribution >= 0.6 is 0 Å². The Morgan fingerprint density at radius 1 is 1.33 bits per heavy atom. The number of amides is 1. The van der Waals surface area contributed by atoms with E-state index in [1.165, 1.54) is 0 Å². The number of rotatable bonds is 7. The number of aromatic nitrogens is 5. The van der Waals surface area contributed by atoms with Gasteiger partial charge in [0.05, 0.1) is 24.6 Å². The first-order valence-corrected chi connectivity index (χ1v) is 7.53. The van der Waals surface area contributed by atoms with Gasteiger partial charge in [-0.25, -0.2) is 9.97 Å². The van der Waals surface area contributed by atoms with Crippen molar-refractivity contribution in [2.24, 2.45) is 5.73 Å². The van der Waals surface area contributed by atoms with Crippen molar-refractivity contribution < 1.29 is 9.53 Å². The average molecular weight is 326 g/mol. The van der Waals surface area contributed by atoms with Gasteiger partial charge >= 0.3 is 0 Å². The largest absolute Gasteiger partial charge is 0.480 e. The molecule has 8 heteroatoms. The van der Waals surface area contributed by atoms with Crippen molar-refractivity contribution in [2.45, 2.75) is 19.4 Å². The lowest BCUT2D eigenvalue weighted by atomic mass is 10.2. The second-order valence-corrected chi connectivity index (χ2v) is 5.21. The van der Waals surface area contributed by atoms with Crippen LogP contribution in [0.25, 0.3) is 17.1 Å². The first kappa shape index (κ1) is 15.7. The highest BCUT2D eigenvalue weighted by Gasteiger charge is 2.14. The molecule has 0 aromatic carbocycles. The van der Waals surface area contributed by atoms with Crippen LogP contribution in [-0.2, 0) is 11.3 Å². The van der Waals surface area contributed by atoms with Gasteiger partial charge in [-0.3, -0.25) is 14.0 Å². The van der Waals surface area contributed by atoms with Crippen molar-refractivity contribution in [1.82, 2.24) is 24.3 Å². The van der Waals surface area contributed by atoms with E-state index in [0.717, 1.165) is 17.1 Å². The summed E-state index contributed by atoms with van der Waals surface area (Å²) < 4.78 is 9.01. The fraction of sp³-hybridized carbons (Fsp3) is 0.250. The molecule has 0 saturated heterocycles. The molecule has 24 heavy (non-hydrogen) atoms. The summed E-state index contributed by atoms with van der Waals surface area (Å²) >= 11 is 0. The number of carbonyl (C=O) groups is 1. The Balaban J connectivity index is 1.86. The van der Waals surface area contributed by atoms with Gasteiger partial charge in [-0.05, 0) is 18.6 Å². The number of nitrogens with two attached hydrogens (primary N) is 1. The molecule has 0 spiro atoms. The third-order valence-corrected chi connectivity index (χ3v) is 3.55. The van der Waals surface area contributed by atoms with Crippen molar-refractivity contribution >= 4 is 5.91 Å². The smallest absolute Gasteiger partial charge is 0.224 e. The molecule has 0 saturated carbocycles. The highest BCUT2D eigenvalue weighted by molar-refractivity contribution is 5.73. The SMILES string of the molecule is COc1ncccc1-c1nccn1-c1cnn(CCCC(N)=O)c1. The van der Waals surface area contributed by atoms with Crippen molar-refractivity contribution in [1.29, 1.82) is 0 Å². The number of primary amides is 1. The summed E-state index contributed by atoms with van der Waals surface area (Å²) in [5.41, 5.74) is 6.82. The molecule has 3 aromatic heterocycles. The van der Waals surface area contributed by atoms with Crippen LogP contribution in [0.15, 0.2) is 43.1 Å². The van der Waals surface area contributed by atoms with Gasteiger partial charge in [0.2, 0.25) is 11.8 Å². The van der Waals surface area contributed by atoms with Crippen LogP contribution < -0.4 is 10.5 Å². The zero-order chi connectivity index (χ0) is 16.9. The van der Waals surface area contributed by atoms with Crippen molar-refractivity contribution in [3.63, 3.8) is 0 Å². The summed E-state index contributed by atoms with van der Waals surface area (Å²) in [6, 6.07) is 3.74. The molecule has 0 aliphatic heterocycles. The molecule has 3 rings (SSSR count). The van der Waals surface area contributed by atoms with Gasteiger partial charge in [0.15, 0.2) is 0 Å². The number of pyridine rings is 1. The van der Waals surface area contributed by atoms with Crippen LogP contribution in [0.5, 0.6) is 5.88 Å². The molecular weight excluding hydrogens is 308 g/mol. The second kappa shape index (κ2) is 6.95. The summed E-state index contributed by atoms with van der Waals surface area (Å²) in [4.78, 5) is 19.4. The summed E-state index contributed by atoms with van der Waals surface area (Å²) in [5, 5.41) is 4.32. The predicted molar refractivity (Wildman–Crippen MR) is 87.6 cm³/mol. The van der Waals surface area contributed by atoms with E-state index >= 15 is 0 Å². The van der Waals surface area contributed by atoms with Gasteiger partial charge in [0.25, 0.3) is 0 Å². The monoisotopic (exact) mass is 326 g/mol. The molecule has 0 fully saturated rings. The van der Waals surface area contributed by atoms with Crippen molar-refractivity contribution in [2.75, 3.05) is 7.11 Å². The molecule has 0 bridgehead atoms. The highest BCUT2D eigenvalue weighted by atomic mass is 16.5. The Labute approximate surface area is 138 Å². The third-order valence-electron chi connectivity index (χ3n) is 3.55. The average Bonchev–Trinajstić information content (AvgIpc) is 3.23. The Hall–Kier alpha value is -3.16. The van der Waals surface area contributed by atoms with Gasteiger partial charge in [-0.2, -0.15) is 5.10 Å². The number of ether oxygens (including phenoxy) is 1. The van der Waals surface area contributed by atoms with E-state index in [2.05, 4.69) is 15.1 Å². The van der Waals surface area contributed by atoms with Gasteiger partial charge in [0.1, 0.15) is 5.82 Å². The summed E-state index contributed by atoms with van der Waals surface area (Å²) in [6.45, 7) is 0.628. The lowest BCUT2D eigenvalue weighted by Crippen LogP contribution is -2.11. The van der Waals surface area contributed by atoms with Crippen LogP contribution in [0.4, 0.5) is 0 Å². The van der Waals surface area contributed by atoms with E-state index in [0.29, 0.717) is 25.3 Å². The highest BCUT2D eigenvalue weighted by Crippen LogP contribution is 2.27. The van der Waals surface area contributed by atoms with Gasteiger partial charge < -0.3 is 10.5 Å². The minimum atomic E-state index is -0.303. The third kappa shape index (κ3) is 3.27. The number of carbonyl (C=O) groups excluding carboxylic acids is 1. The zero-order valence-electron chi connectivity index (χ0n) is 13.3. The van der Waals surface area contributed by atoms with E-state index in [1.54, 1.807) is 30.4 Å². The van der Waals surface area contributed by atoms with Crippen LogP contribution in [0.2, 0.25) is 0 Å². The van der Waals surface area contributed by atoms with Gasteiger partial charge in [-0.1, -0.05) is 0 Å². The number of nitrogens with zero attached hydrogens (tertiary/aromatic N) is 5. The van der Waals surface area contributed by atoms with Crippen molar-refractivity contribution in [3.05, 3.63) is 43.1 Å². The number of methoxy groups -OCH3 is 1. The van der Waals surface area contributed by atoms with E-state index in [4.69, 9.17) is 10.5 Å². The predicted octanol–water partition coefficient (Wildman–Crippen LogP) is 1.40.